The number of esters is 1. The van der Waals surface area contributed by atoms with Crippen LogP contribution in [0.1, 0.15) is 263 Å². The van der Waals surface area contributed by atoms with Gasteiger partial charge >= 0.3 is 5.97 Å². The van der Waals surface area contributed by atoms with E-state index in [4.69, 9.17) is 4.74 Å². The van der Waals surface area contributed by atoms with Gasteiger partial charge in [0.1, 0.15) is 0 Å². The SMILES string of the molecule is C=C(CCc1cc(CCCCCOC(=O)CC(CCCCCCCC)CCCCCCCC)cc(CN(C)C)c1)CC(CCCCCCCC)CCCCCCCC. The van der Waals surface area contributed by atoms with E-state index in [0.717, 1.165) is 51.0 Å². The van der Waals surface area contributed by atoms with Crippen molar-refractivity contribution in [3.05, 3.63) is 47.0 Å². The van der Waals surface area contributed by atoms with Crippen LogP contribution in [-0.2, 0) is 28.9 Å². The summed E-state index contributed by atoms with van der Waals surface area (Å²) in [5.74, 6) is 1.36. The summed E-state index contributed by atoms with van der Waals surface area (Å²) in [6, 6.07) is 7.36. The summed E-state index contributed by atoms with van der Waals surface area (Å²) in [5, 5.41) is 0. The molecule has 0 saturated heterocycles. The normalized spacial score (nSPS) is 11.7. The van der Waals surface area contributed by atoms with Gasteiger partial charge in [-0.3, -0.25) is 4.79 Å². The summed E-state index contributed by atoms with van der Waals surface area (Å²) >= 11 is 0. The standard InChI is InChI=1S/C55H101NO2/c1-8-12-16-20-24-29-35-50(36-30-25-21-17-13-9-2)43-49(5)40-41-53-44-52(45-54(46-53)48-56(6)7)39-33-28-34-42-58-55(57)47-51(37-31-26-22-18-14-10-3)38-32-27-23-19-15-11-4/h44-46,50-51H,5,8-43,47-48H2,1-4,6-7H3. The molecule has 0 aliphatic rings. The molecule has 1 rings (SSSR count). The zero-order chi connectivity index (χ0) is 42.3. The second-order valence-electron chi connectivity index (χ2n) is 19.0. The Balaban J connectivity index is 2.60. The fourth-order valence-electron chi connectivity index (χ4n) is 9.05. The second-order valence-corrected chi connectivity index (χ2v) is 19.0. The fraction of sp³-hybridized carbons (Fsp3) is 0.836. The Morgan fingerprint density at radius 1 is 0.500 bits per heavy atom. The maximum absolute atomic E-state index is 12.9. The zero-order valence-electron chi connectivity index (χ0n) is 40.2. The van der Waals surface area contributed by atoms with Crippen molar-refractivity contribution in [3.8, 4) is 0 Å². The molecule has 0 amide bonds. The number of hydrogen-bond donors (Lipinski definition) is 0. The first-order valence-corrected chi connectivity index (χ1v) is 25.9. The molecule has 1 aromatic rings. The number of aryl methyl sites for hydroxylation is 2. The number of allylic oxidation sites excluding steroid dienone is 1. The minimum absolute atomic E-state index is 0.0423. The van der Waals surface area contributed by atoms with Crippen LogP contribution in [-0.4, -0.2) is 31.6 Å². The Morgan fingerprint density at radius 2 is 0.879 bits per heavy atom. The Labute approximate surface area is 364 Å². The van der Waals surface area contributed by atoms with Gasteiger partial charge in [-0.2, -0.15) is 0 Å². The number of unbranched alkanes of at least 4 members (excludes halogenated alkanes) is 22. The molecule has 0 aliphatic heterocycles. The highest BCUT2D eigenvalue weighted by Crippen LogP contribution is 2.28. The van der Waals surface area contributed by atoms with E-state index in [9.17, 15) is 4.79 Å². The lowest BCUT2D eigenvalue weighted by atomic mass is 9.87. The molecule has 0 fully saturated rings. The lowest BCUT2D eigenvalue weighted by molar-refractivity contribution is -0.145. The molecule has 0 aromatic heterocycles. The van der Waals surface area contributed by atoms with E-state index in [0.29, 0.717) is 18.9 Å². The minimum Gasteiger partial charge on any atom is -0.466 e. The third kappa shape index (κ3) is 33.1. The van der Waals surface area contributed by atoms with Gasteiger partial charge in [0.05, 0.1) is 6.61 Å². The molecule has 338 valence electrons. The van der Waals surface area contributed by atoms with Crippen LogP contribution in [0.15, 0.2) is 30.4 Å². The molecular formula is C55H101NO2. The third-order valence-electron chi connectivity index (χ3n) is 12.6. The van der Waals surface area contributed by atoms with E-state index < -0.39 is 0 Å². The molecule has 0 bridgehead atoms. The van der Waals surface area contributed by atoms with Crippen LogP contribution in [0.4, 0.5) is 0 Å². The van der Waals surface area contributed by atoms with Gasteiger partial charge in [-0.05, 0) is 100 Å². The van der Waals surface area contributed by atoms with E-state index in [2.05, 4.69) is 71.5 Å². The van der Waals surface area contributed by atoms with Crippen molar-refractivity contribution in [1.29, 1.82) is 0 Å². The molecule has 0 spiro atoms. The van der Waals surface area contributed by atoms with Crippen LogP contribution in [0.5, 0.6) is 0 Å². The average molecular weight is 808 g/mol. The topological polar surface area (TPSA) is 29.5 Å². The molecule has 0 N–H and O–H groups in total. The van der Waals surface area contributed by atoms with Crippen LogP contribution in [0.3, 0.4) is 0 Å². The molecule has 3 nitrogen and oxygen atoms in total. The van der Waals surface area contributed by atoms with Gasteiger partial charge < -0.3 is 9.64 Å². The van der Waals surface area contributed by atoms with Crippen LogP contribution in [0.25, 0.3) is 0 Å². The van der Waals surface area contributed by atoms with Crippen molar-refractivity contribution >= 4 is 5.97 Å². The average Bonchev–Trinajstić information content (AvgIpc) is 3.20. The molecule has 0 saturated carbocycles. The summed E-state index contributed by atoms with van der Waals surface area (Å²) in [6.07, 6.45) is 46.1. The van der Waals surface area contributed by atoms with Gasteiger partial charge in [0, 0.05) is 13.0 Å². The summed E-state index contributed by atoms with van der Waals surface area (Å²) in [7, 11) is 4.35. The number of rotatable bonds is 43. The lowest BCUT2D eigenvalue weighted by Gasteiger charge is -2.19. The Bertz CT molecular complexity index is 1050. The first-order valence-electron chi connectivity index (χ1n) is 25.9. The van der Waals surface area contributed by atoms with Gasteiger partial charge in [-0.1, -0.05) is 225 Å². The Morgan fingerprint density at radius 3 is 1.33 bits per heavy atom. The van der Waals surface area contributed by atoms with Crippen molar-refractivity contribution < 1.29 is 9.53 Å². The number of carbonyl (C=O) groups is 1. The first-order chi connectivity index (χ1) is 28.3. The van der Waals surface area contributed by atoms with Gasteiger partial charge in [0.2, 0.25) is 0 Å². The van der Waals surface area contributed by atoms with Crippen LogP contribution < -0.4 is 0 Å². The van der Waals surface area contributed by atoms with Crippen LogP contribution in [0.2, 0.25) is 0 Å². The van der Waals surface area contributed by atoms with Crippen molar-refractivity contribution in [1.82, 2.24) is 4.90 Å². The molecule has 0 unspecified atom stereocenters. The summed E-state index contributed by atoms with van der Waals surface area (Å²) in [6.45, 7) is 15.4. The van der Waals surface area contributed by atoms with Crippen molar-refractivity contribution in [2.45, 2.75) is 265 Å². The van der Waals surface area contributed by atoms with E-state index in [-0.39, 0.29) is 5.97 Å². The number of hydrogen-bond acceptors (Lipinski definition) is 3. The predicted molar refractivity (Wildman–Crippen MR) is 258 cm³/mol. The predicted octanol–water partition coefficient (Wildman–Crippen LogP) is 17.5. The minimum atomic E-state index is 0.0423. The number of nitrogens with zero attached hydrogens (tertiary/aromatic N) is 1. The van der Waals surface area contributed by atoms with E-state index in [1.165, 1.54) is 208 Å². The van der Waals surface area contributed by atoms with E-state index >= 15 is 0 Å². The van der Waals surface area contributed by atoms with Gasteiger partial charge in [-0.15, -0.1) is 0 Å². The third-order valence-corrected chi connectivity index (χ3v) is 12.6. The largest absolute Gasteiger partial charge is 0.466 e. The van der Waals surface area contributed by atoms with Crippen LogP contribution >= 0.6 is 0 Å². The summed E-state index contributed by atoms with van der Waals surface area (Å²) < 4.78 is 5.84. The highest BCUT2D eigenvalue weighted by atomic mass is 16.5. The second kappa shape index (κ2) is 39.5. The zero-order valence-corrected chi connectivity index (χ0v) is 40.2. The van der Waals surface area contributed by atoms with E-state index in [1.807, 2.05) is 0 Å². The Kier molecular flexibility index (Phi) is 37.1. The number of benzene rings is 1. The number of carbonyl (C=O) groups excluding carboxylic acids is 1. The van der Waals surface area contributed by atoms with Crippen molar-refractivity contribution in [3.63, 3.8) is 0 Å². The lowest BCUT2D eigenvalue weighted by Crippen LogP contribution is -2.13. The maximum atomic E-state index is 12.9. The Hall–Kier alpha value is -1.61. The molecule has 0 radical (unpaired) electrons. The van der Waals surface area contributed by atoms with Crippen LogP contribution in [0, 0.1) is 11.8 Å². The highest BCUT2D eigenvalue weighted by Gasteiger charge is 2.16. The quantitative estimate of drug-likeness (QED) is 0.0374. The van der Waals surface area contributed by atoms with Gasteiger partial charge in [0.25, 0.3) is 0 Å². The first kappa shape index (κ1) is 54.4. The molecular weight excluding hydrogens is 707 g/mol. The molecule has 0 atom stereocenters. The smallest absolute Gasteiger partial charge is 0.306 e. The highest BCUT2D eigenvalue weighted by molar-refractivity contribution is 5.69. The maximum Gasteiger partial charge on any atom is 0.306 e. The summed E-state index contributed by atoms with van der Waals surface area (Å²) in [5.41, 5.74) is 5.84. The molecule has 0 aliphatic carbocycles. The molecule has 1 aromatic carbocycles. The van der Waals surface area contributed by atoms with Gasteiger partial charge in [0.15, 0.2) is 0 Å². The van der Waals surface area contributed by atoms with E-state index in [1.54, 1.807) is 0 Å². The van der Waals surface area contributed by atoms with Crippen molar-refractivity contribution in [2.75, 3.05) is 20.7 Å². The summed E-state index contributed by atoms with van der Waals surface area (Å²) in [4.78, 5) is 15.2. The van der Waals surface area contributed by atoms with Gasteiger partial charge in [-0.25, -0.2) is 0 Å². The molecule has 3 heteroatoms. The fourth-order valence-corrected chi connectivity index (χ4v) is 9.05. The number of ether oxygens (including phenoxy) is 1. The van der Waals surface area contributed by atoms with Crippen molar-refractivity contribution in [2.24, 2.45) is 11.8 Å². The molecule has 0 heterocycles. The monoisotopic (exact) mass is 808 g/mol. The molecule has 58 heavy (non-hydrogen) atoms.